The second-order valence-electron chi connectivity index (χ2n) is 5.29. The molecule has 1 aromatic carbocycles. The summed E-state index contributed by atoms with van der Waals surface area (Å²) in [4.78, 5) is 12.3. The average molecular weight is 246 g/mol. The standard InChI is InChI=1S/C15H18O3/c1-10-7-12(9-17-10)15(16)11-3-2-4-14(8-11)18-13-5-6-13/h2-4,8,10,12-13H,5-7,9H2,1H3. The molecular formula is C15H18O3. The van der Waals surface area contributed by atoms with E-state index in [-0.39, 0.29) is 17.8 Å². The van der Waals surface area contributed by atoms with E-state index in [1.54, 1.807) is 0 Å². The van der Waals surface area contributed by atoms with Crippen LogP contribution < -0.4 is 4.74 Å². The van der Waals surface area contributed by atoms with Crippen molar-refractivity contribution in [3.8, 4) is 5.75 Å². The first kappa shape index (κ1) is 11.7. The first-order valence-electron chi connectivity index (χ1n) is 6.65. The first-order chi connectivity index (χ1) is 8.72. The van der Waals surface area contributed by atoms with Gasteiger partial charge in [0, 0.05) is 11.5 Å². The zero-order valence-electron chi connectivity index (χ0n) is 10.6. The Hall–Kier alpha value is -1.35. The van der Waals surface area contributed by atoms with E-state index < -0.39 is 0 Å². The molecule has 96 valence electrons. The minimum Gasteiger partial charge on any atom is -0.490 e. The number of hydrogen-bond acceptors (Lipinski definition) is 3. The monoisotopic (exact) mass is 246 g/mol. The van der Waals surface area contributed by atoms with Gasteiger partial charge in [0.1, 0.15) is 5.75 Å². The third-order valence-electron chi connectivity index (χ3n) is 3.51. The van der Waals surface area contributed by atoms with Crippen LogP contribution in [-0.4, -0.2) is 24.6 Å². The molecule has 2 atom stereocenters. The number of ether oxygens (including phenoxy) is 2. The molecule has 0 N–H and O–H groups in total. The number of hydrogen-bond donors (Lipinski definition) is 0. The first-order valence-corrected chi connectivity index (χ1v) is 6.65. The third kappa shape index (κ3) is 2.56. The molecule has 0 aromatic heterocycles. The van der Waals surface area contributed by atoms with Crippen molar-refractivity contribution in [3.05, 3.63) is 29.8 Å². The minimum absolute atomic E-state index is 0.0103. The quantitative estimate of drug-likeness (QED) is 0.766. The molecule has 1 aliphatic heterocycles. The zero-order valence-corrected chi connectivity index (χ0v) is 10.6. The molecule has 0 spiro atoms. The van der Waals surface area contributed by atoms with Crippen molar-refractivity contribution in [1.82, 2.24) is 0 Å². The molecule has 2 fully saturated rings. The maximum Gasteiger partial charge on any atom is 0.168 e. The van der Waals surface area contributed by atoms with Crippen molar-refractivity contribution in [3.63, 3.8) is 0 Å². The number of rotatable bonds is 4. The summed E-state index contributed by atoms with van der Waals surface area (Å²) in [5.41, 5.74) is 0.746. The number of carbonyl (C=O) groups excluding carboxylic acids is 1. The Morgan fingerprint density at radius 2 is 2.22 bits per heavy atom. The Balaban J connectivity index is 1.72. The van der Waals surface area contributed by atoms with Gasteiger partial charge in [-0.1, -0.05) is 12.1 Å². The fourth-order valence-corrected chi connectivity index (χ4v) is 2.34. The molecule has 3 rings (SSSR count). The second-order valence-corrected chi connectivity index (χ2v) is 5.29. The lowest BCUT2D eigenvalue weighted by Crippen LogP contribution is -2.15. The summed E-state index contributed by atoms with van der Waals surface area (Å²) in [5.74, 6) is 1.01. The van der Waals surface area contributed by atoms with Crippen molar-refractivity contribution >= 4 is 5.78 Å². The predicted molar refractivity (Wildman–Crippen MR) is 67.9 cm³/mol. The van der Waals surface area contributed by atoms with Gasteiger partial charge in [-0.3, -0.25) is 4.79 Å². The molecule has 2 unspecified atom stereocenters. The fraction of sp³-hybridized carbons (Fsp3) is 0.533. The fourth-order valence-electron chi connectivity index (χ4n) is 2.34. The highest BCUT2D eigenvalue weighted by molar-refractivity contribution is 5.98. The Bertz CT molecular complexity index is 451. The van der Waals surface area contributed by atoms with E-state index >= 15 is 0 Å². The normalized spacial score (nSPS) is 27.2. The highest BCUT2D eigenvalue weighted by Crippen LogP contribution is 2.29. The number of Topliss-reactive ketones (excluding diaryl/α,β-unsaturated/α-hetero) is 1. The summed E-state index contributed by atoms with van der Waals surface area (Å²) in [6.07, 6.45) is 3.65. The van der Waals surface area contributed by atoms with Crippen LogP contribution in [0.15, 0.2) is 24.3 Å². The summed E-state index contributed by atoms with van der Waals surface area (Å²) in [6, 6.07) is 7.54. The van der Waals surface area contributed by atoms with Gasteiger partial charge in [0.05, 0.1) is 18.8 Å². The van der Waals surface area contributed by atoms with Gasteiger partial charge in [-0.2, -0.15) is 0 Å². The molecular weight excluding hydrogens is 228 g/mol. The summed E-state index contributed by atoms with van der Waals surface area (Å²) < 4.78 is 11.2. The van der Waals surface area contributed by atoms with Gasteiger partial charge in [-0.25, -0.2) is 0 Å². The summed E-state index contributed by atoms with van der Waals surface area (Å²) in [5, 5.41) is 0. The van der Waals surface area contributed by atoms with Crippen LogP contribution in [0.2, 0.25) is 0 Å². The van der Waals surface area contributed by atoms with Crippen LogP contribution >= 0.6 is 0 Å². The molecule has 1 saturated heterocycles. The molecule has 3 heteroatoms. The summed E-state index contributed by atoms with van der Waals surface area (Å²) in [7, 11) is 0. The van der Waals surface area contributed by atoms with Gasteiger partial charge in [-0.15, -0.1) is 0 Å². The molecule has 18 heavy (non-hydrogen) atoms. The molecule has 0 amide bonds. The molecule has 0 radical (unpaired) electrons. The molecule has 2 aliphatic rings. The van der Waals surface area contributed by atoms with Crippen molar-refractivity contribution in [2.45, 2.75) is 38.4 Å². The Morgan fingerprint density at radius 1 is 1.39 bits per heavy atom. The Labute approximate surface area is 107 Å². The molecule has 1 aliphatic carbocycles. The van der Waals surface area contributed by atoms with Crippen molar-refractivity contribution in [1.29, 1.82) is 0 Å². The lowest BCUT2D eigenvalue weighted by Gasteiger charge is -2.09. The van der Waals surface area contributed by atoms with Crippen LogP contribution in [0, 0.1) is 5.92 Å². The lowest BCUT2D eigenvalue weighted by atomic mass is 9.95. The molecule has 1 aromatic rings. The van der Waals surface area contributed by atoms with E-state index in [9.17, 15) is 4.79 Å². The van der Waals surface area contributed by atoms with Gasteiger partial charge in [-0.05, 0) is 38.3 Å². The van der Waals surface area contributed by atoms with Crippen LogP contribution in [0.25, 0.3) is 0 Å². The lowest BCUT2D eigenvalue weighted by molar-refractivity contribution is 0.0877. The van der Waals surface area contributed by atoms with E-state index in [2.05, 4.69) is 0 Å². The minimum atomic E-state index is 0.0103. The molecule has 1 heterocycles. The van der Waals surface area contributed by atoms with Gasteiger partial charge in [0.2, 0.25) is 0 Å². The highest BCUT2D eigenvalue weighted by Gasteiger charge is 2.29. The van der Waals surface area contributed by atoms with Crippen LogP contribution in [-0.2, 0) is 4.74 Å². The van der Waals surface area contributed by atoms with Gasteiger partial charge >= 0.3 is 0 Å². The molecule has 0 bridgehead atoms. The molecule has 3 nitrogen and oxygen atoms in total. The van der Waals surface area contributed by atoms with Gasteiger partial charge < -0.3 is 9.47 Å². The van der Waals surface area contributed by atoms with Crippen molar-refractivity contribution in [2.24, 2.45) is 5.92 Å². The average Bonchev–Trinajstić information content (AvgIpc) is 3.08. The van der Waals surface area contributed by atoms with Crippen LogP contribution in [0.4, 0.5) is 0 Å². The van der Waals surface area contributed by atoms with Crippen molar-refractivity contribution < 1.29 is 14.3 Å². The SMILES string of the molecule is CC1CC(C(=O)c2cccc(OC3CC3)c2)CO1. The molecule has 1 saturated carbocycles. The van der Waals surface area contributed by atoms with E-state index in [4.69, 9.17) is 9.47 Å². The van der Waals surface area contributed by atoms with E-state index in [1.807, 2.05) is 31.2 Å². The van der Waals surface area contributed by atoms with Crippen LogP contribution in [0.3, 0.4) is 0 Å². The topological polar surface area (TPSA) is 35.5 Å². The van der Waals surface area contributed by atoms with E-state index in [0.29, 0.717) is 12.7 Å². The Kier molecular flexibility index (Phi) is 3.08. The Morgan fingerprint density at radius 3 is 2.89 bits per heavy atom. The van der Waals surface area contributed by atoms with E-state index in [0.717, 1.165) is 30.6 Å². The maximum absolute atomic E-state index is 12.3. The van der Waals surface area contributed by atoms with Gasteiger partial charge in [0.15, 0.2) is 5.78 Å². The maximum atomic E-state index is 12.3. The van der Waals surface area contributed by atoms with E-state index in [1.165, 1.54) is 0 Å². The van der Waals surface area contributed by atoms with Gasteiger partial charge in [0.25, 0.3) is 0 Å². The largest absolute Gasteiger partial charge is 0.490 e. The zero-order chi connectivity index (χ0) is 12.5. The third-order valence-corrected chi connectivity index (χ3v) is 3.51. The summed E-state index contributed by atoms with van der Waals surface area (Å²) >= 11 is 0. The van der Waals surface area contributed by atoms with Crippen LogP contribution in [0.5, 0.6) is 5.75 Å². The summed E-state index contributed by atoms with van der Waals surface area (Å²) in [6.45, 7) is 2.56. The smallest absolute Gasteiger partial charge is 0.168 e. The number of ketones is 1. The second kappa shape index (κ2) is 4.73. The van der Waals surface area contributed by atoms with Crippen molar-refractivity contribution in [2.75, 3.05) is 6.61 Å². The highest BCUT2D eigenvalue weighted by atomic mass is 16.5. The predicted octanol–water partition coefficient (Wildman–Crippen LogP) is 2.84. The van der Waals surface area contributed by atoms with Crippen LogP contribution in [0.1, 0.15) is 36.5 Å². The number of benzene rings is 1. The number of carbonyl (C=O) groups is 1.